The van der Waals surface area contributed by atoms with Crippen molar-refractivity contribution < 1.29 is 0 Å². The summed E-state index contributed by atoms with van der Waals surface area (Å²) in [5, 5.41) is 4.22. The second kappa shape index (κ2) is 5.65. The first-order valence-corrected chi connectivity index (χ1v) is 7.51. The minimum absolute atomic E-state index is 0.705. The third kappa shape index (κ3) is 2.42. The molecule has 1 aliphatic heterocycles. The fourth-order valence-corrected chi connectivity index (χ4v) is 2.97. The average molecular weight is 270 g/mol. The Morgan fingerprint density at radius 2 is 1.95 bits per heavy atom. The molecule has 1 aromatic heterocycles. The number of anilines is 2. The lowest BCUT2D eigenvalue weighted by atomic mass is 9.94. The Morgan fingerprint density at radius 3 is 2.65 bits per heavy atom. The Bertz CT molecular complexity index is 588. The number of hydrogen-bond donors (Lipinski definition) is 1. The summed E-state index contributed by atoms with van der Waals surface area (Å²) in [6, 6.07) is 8.27. The number of nitrogens with one attached hydrogen (secondary N) is 1. The molecule has 0 spiro atoms. The van der Waals surface area contributed by atoms with Gasteiger partial charge in [-0.25, -0.2) is 4.98 Å². The first-order chi connectivity index (χ1) is 9.81. The predicted octanol–water partition coefficient (Wildman–Crippen LogP) is 3.30. The summed E-state index contributed by atoms with van der Waals surface area (Å²) in [5.41, 5.74) is 1.01. The highest BCUT2D eigenvalue weighted by atomic mass is 15.2. The molecule has 1 aromatic carbocycles. The molecule has 1 saturated heterocycles. The Hall–Kier alpha value is -1.84. The maximum Gasteiger partial charge on any atom is 0.224 e. The van der Waals surface area contributed by atoms with E-state index in [2.05, 4.69) is 40.3 Å². The van der Waals surface area contributed by atoms with Crippen molar-refractivity contribution in [3.05, 3.63) is 24.3 Å². The zero-order chi connectivity index (χ0) is 13.9. The number of nitrogens with zero attached hydrogens (tertiary/aromatic N) is 3. The SMILES string of the molecule is CCC1CCN(c2nc(NC)nc3ccccc23)CC1. The van der Waals surface area contributed by atoms with E-state index in [9.17, 15) is 0 Å². The Balaban J connectivity index is 1.98. The average Bonchev–Trinajstić information content (AvgIpc) is 2.54. The van der Waals surface area contributed by atoms with Gasteiger partial charge in [0.15, 0.2) is 0 Å². The molecule has 0 amide bonds. The normalized spacial score (nSPS) is 16.6. The molecule has 3 rings (SSSR count). The fraction of sp³-hybridized carbons (Fsp3) is 0.500. The number of para-hydroxylation sites is 1. The van der Waals surface area contributed by atoms with Crippen LogP contribution in [0.1, 0.15) is 26.2 Å². The highest BCUT2D eigenvalue weighted by molar-refractivity contribution is 5.90. The van der Waals surface area contributed by atoms with E-state index < -0.39 is 0 Å². The minimum Gasteiger partial charge on any atom is -0.357 e. The lowest BCUT2D eigenvalue weighted by molar-refractivity contribution is 0.394. The number of hydrogen-bond acceptors (Lipinski definition) is 4. The predicted molar refractivity (Wildman–Crippen MR) is 84.3 cm³/mol. The molecule has 4 nitrogen and oxygen atoms in total. The standard InChI is InChI=1S/C16H22N4/c1-3-12-8-10-20(11-9-12)15-13-6-4-5-7-14(13)18-16(17-2)19-15/h4-7,12H,3,8-11H2,1-2H3,(H,17,18,19). The maximum atomic E-state index is 4.70. The summed E-state index contributed by atoms with van der Waals surface area (Å²) in [4.78, 5) is 11.6. The van der Waals surface area contributed by atoms with Crippen LogP contribution in [0.15, 0.2) is 24.3 Å². The number of rotatable bonds is 3. The molecule has 0 bridgehead atoms. The molecule has 1 aliphatic rings. The van der Waals surface area contributed by atoms with Crippen molar-refractivity contribution in [3.8, 4) is 0 Å². The third-order valence-electron chi connectivity index (χ3n) is 4.30. The van der Waals surface area contributed by atoms with Gasteiger partial charge in [-0.05, 0) is 30.9 Å². The van der Waals surface area contributed by atoms with Crippen LogP contribution >= 0.6 is 0 Å². The second-order valence-corrected chi connectivity index (χ2v) is 5.48. The van der Waals surface area contributed by atoms with Crippen LogP contribution in [0.3, 0.4) is 0 Å². The van der Waals surface area contributed by atoms with E-state index in [1.165, 1.54) is 19.3 Å². The Kier molecular flexibility index (Phi) is 3.72. The van der Waals surface area contributed by atoms with Crippen LogP contribution in [-0.4, -0.2) is 30.1 Å². The van der Waals surface area contributed by atoms with Gasteiger partial charge in [0.25, 0.3) is 0 Å². The molecule has 0 radical (unpaired) electrons. The largest absolute Gasteiger partial charge is 0.357 e. The van der Waals surface area contributed by atoms with Gasteiger partial charge in [-0.15, -0.1) is 0 Å². The first-order valence-electron chi connectivity index (χ1n) is 7.51. The molecule has 106 valence electrons. The van der Waals surface area contributed by atoms with E-state index >= 15 is 0 Å². The van der Waals surface area contributed by atoms with Crippen molar-refractivity contribution >= 4 is 22.7 Å². The molecule has 1 fully saturated rings. The van der Waals surface area contributed by atoms with Crippen LogP contribution < -0.4 is 10.2 Å². The van der Waals surface area contributed by atoms with Gasteiger partial charge >= 0.3 is 0 Å². The summed E-state index contributed by atoms with van der Waals surface area (Å²) < 4.78 is 0. The summed E-state index contributed by atoms with van der Waals surface area (Å²) in [7, 11) is 1.87. The zero-order valence-corrected chi connectivity index (χ0v) is 12.3. The molecule has 4 heteroatoms. The van der Waals surface area contributed by atoms with E-state index in [1.54, 1.807) is 0 Å². The van der Waals surface area contributed by atoms with E-state index in [0.29, 0.717) is 5.95 Å². The van der Waals surface area contributed by atoms with Crippen LogP contribution in [0.25, 0.3) is 10.9 Å². The number of piperidine rings is 1. The van der Waals surface area contributed by atoms with Gasteiger partial charge in [-0.1, -0.05) is 25.5 Å². The number of benzene rings is 1. The topological polar surface area (TPSA) is 41.1 Å². The lowest BCUT2D eigenvalue weighted by Gasteiger charge is -2.33. The van der Waals surface area contributed by atoms with Gasteiger partial charge in [-0.2, -0.15) is 4.98 Å². The molecule has 0 atom stereocenters. The maximum absolute atomic E-state index is 4.70. The number of fused-ring (bicyclic) bond motifs is 1. The highest BCUT2D eigenvalue weighted by Gasteiger charge is 2.21. The molecule has 20 heavy (non-hydrogen) atoms. The molecule has 2 heterocycles. The Labute approximate surface area is 120 Å². The first kappa shape index (κ1) is 13.2. The summed E-state index contributed by atoms with van der Waals surface area (Å²) in [6.07, 6.45) is 3.83. The molecule has 2 aromatic rings. The van der Waals surface area contributed by atoms with Crippen molar-refractivity contribution in [2.75, 3.05) is 30.4 Å². The van der Waals surface area contributed by atoms with E-state index in [0.717, 1.165) is 35.7 Å². The quantitative estimate of drug-likeness (QED) is 0.929. The van der Waals surface area contributed by atoms with Gasteiger partial charge in [0, 0.05) is 25.5 Å². The Morgan fingerprint density at radius 1 is 1.20 bits per heavy atom. The van der Waals surface area contributed by atoms with Crippen LogP contribution in [0.2, 0.25) is 0 Å². The summed E-state index contributed by atoms with van der Waals surface area (Å²) >= 11 is 0. The molecular formula is C16H22N4. The molecule has 1 N–H and O–H groups in total. The van der Waals surface area contributed by atoms with Crippen LogP contribution in [0.4, 0.5) is 11.8 Å². The van der Waals surface area contributed by atoms with Crippen molar-refractivity contribution in [1.82, 2.24) is 9.97 Å². The number of aromatic nitrogens is 2. The van der Waals surface area contributed by atoms with Gasteiger partial charge in [-0.3, -0.25) is 0 Å². The lowest BCUT2D eigenvalue weighted by Crippen LogP contribution is -2.34. The van der Waals surface area contributed by atoms with Crippen molar-refractivity contribution in [3.63, 3.8) is 0 Å². The van der Waals surface area contributed by atoms with Crippen molar-refractivity contribution in [1.29, 1.82) is 0 Å². The van der Waals surface area contributed by atoms with Crippen LogP contribution in [-0.2, 0) is 0 Å². The van der Waals surface area contributed by atoms with Gasteiger partial charge in [0.05, 0.1) is 5.52 Å². The summed E-state index contributed by atoms with van der Waals surface area (Å²) in [5.74, 6) is 2.66. The summed E-state index contributed by atoms with van der Waals surface area (Å²) in [6.45, 7) is 4.49. The molecule has 0 unspecified atom stereocenters. The highest BCUT2D eigenvalue weighted by Crippen LogP contribution is 2.29. The smallest absolute Gasteiger partial charge is 0.224 e. The zero-order valence-electron chi connectivity index (χ0n) is 12.3. The van der Waals surface area contributed by atoms with Gasteiger partial charge in [0.2, 0.25) is 5.95 Å². The van der Waals surface area contributed by atoms with Crippen molar-refractivity contribution in [2.24, 2.45) is 5.92 Å². The second-order valence-electron chi connectivity index (χ2n) is 5.48. The van der Waals surface area contributed by atoms with Gasteiger partial charge < -0.3 is 10.2 Å². The van der Waals surface area contributed by atoms with Crippen LogP contribution in [0, 0.1) is 5.92 Å². The van der Waals surface area contributed by atoms with E-state index in [4.69, 9.17) is 4.98 Å². The minimum atomic E-state index is 0.705. The molecular weight excluding hydrogens is 248 g/mol. The molecule has 0 saturated carbocycles. The van der Waals surface area contributed by atoms with Crippen molar-refractivity contribution in [2.45, 2.75) is 26.2 Å². The third-order valence-corrected chi connectivity index (χ3v) is 4.30. The van der Waals surface area contributed by atoms with Gasteiger partial charge in [0.1, 0.15) is 5.82 Å². The van der Waals surface area contributed by atoms with E-state index in [-0.39, 0.29) is 0 Å². The monoisotopic (exact) mass is 270 g/mol. The molecule has 0 aliphatic carbocycles. The van der Waals surface area contributed by atoms with Crippen LogP contribution in [0.5, 0.6) is 0 Å². The fourth-order valence-electron chi connectivity index (χ4n) is 2.97. The van der Waals surface area contributed by atoms with E-state index in [1.807, 2.05) is 13.1 Å².